The van der Waals surface area contributed by atoms with Gasteiger partial charge in [0.25, 0.3) is 0 Å². The van der Waals surface area contributed by atoms with Crippen molar-refractivity contribution in [1.29, 1.82) is 0 Å². The zero-order valence-corrected chi connectivity index (χ0v) is 19.3. The molecule has 2 aliphatic rings. The number of hydrogen-bond acceptors (Lipinski definition) is 7. The van der Waals surface area contributed by atoms with E-state index in [1.165, 1.54) is 30.6 Å². The van der Waals surface area contributed by atoms with Gasteiger partial charge in [0.15, 0.2) is 0 Å². The number of carboxylic acid groups (broad SMARTS) is 2. The Labute approximate surface area is 191 Å². The highest BCUT2D eigenvalue weighted by Crippen LogP contribution is 2.38. The monoisotopic (exact) mass is 468 g/mol. The summed E-state index contributed by atoms with van der Waals surface area (Å²) in [5, 5.41) is 18.5. The number of carboxylic acids is 2. The van der Waals surface area contributed by atoms with Crippen molar-refractivity contribution < 1.29 is 34.1 Å². The van der Waals surface area contributed by atoms with E-state index < -0.39 is 11.9 Å². The molecule has 0 unspecified atom stereocenters. The van der Waals surface area contributed by atoms with Gasteiger partial charge in [-0.05, 0) is 64.1 Å². The quantitative estimate of drug-likeness (QED) is 0.428. The van der Waals surface area contributed by atoms with Gasteiger partial charge in [-0.2, -0.15) is 0 Å². The number of rotatable bonds is 6. The number of amides is 1. The number of fused-ring (bicyclic) bond motifs is 1. The van der Waals surface area contributed by atoms with E-state index in [1.807, 2.05) is 6.92 Å². The van der Waals surface area contributed by atoms with Crippen LogP contribution in [0, 0.1) is 0 Å². The molecule has 1 aliphatic heterocycles. The molecule has 0 bridgehead atoms. The van der Waals surface area contributed by atoms with Crippen molar-refractivity contribution >= 4 is 40.2 Å². The van der Waals surface area contributed by atoms with Gasteiger partial charge < -0.3 is 25.2 Å². The molecule has 3 rings (SSSR count). The zero-order valence-electron chi connectivity index (χ0n) is 18.5. The van der Waals surface area contributed by atoms with Crippen molar-refractivity contribution in [2.75, 3.05) is 31.6 Å². The summed E-state index contributed by atoms with van der Waals surface area (Å²) in [4.78, 5) is 46.8. The Bertz CT molecular complexity index is 801. The van der Waals surface area contributed by atoms with Crippen LogP contribution < -0.4 is 5.32 Å². The van der Waals surface area contributed by atoms with Crippen molar-refractivity contribution in [2.45, 2.75) is 64.7 Å². The minimum absolute atomic E-state index is 0.00149. The number of nitrogens with one attached hydrogen (secondary N) is 1. The van der Waals surface area contributed by atoms with Gasteiger partial charge in [-0.1, -0.05) is 12.8 Å². The maximum Gasteiger partial charge on any atom is 0.414 e. The van der Waals surface area contributed by atoms with Crippen LogP contribution in [0.4, 0.5) is 5.00 Å². The first-order valence-corrected chi connectivity index (χ1v) is 11.9. The third kappa shape index (κ3) is 7.90. The van der Waals surface area contributed by atoms with Gasteiger partial charge in [0.05, 0.1) is 12.2 Å². The number of esters is 1. The molecular weight excluding hydrogens is 436 g/mol. The van der Waals surface area contributed by atoms with Crippen LogP contribution in [0.25, 0.3) is 0 Å². The molecule has 0 spiro atoms. The highest BCUT2D eigenvalue weighted by Gasteiger charge is 2.27. The standard InChI is InChI=1S/C20H30N2O3S.C2H2O4/c1-2-25-20(24)18-15-9-5-6-10-16(15)26-19(18)21-17(23)11-14-22-12-7-3-4-8-13-22;3-1(4)2(5)6/h2-14H2,1H3,(H,21,23);(H,3,4)(H,5,6). The molecule has 10 heteroatoms. The second-order valence-electron chi connectivity index (χ2n) is 7.80. The molecule has 9 nitrogen and oxygen atoms in total. The Morgan fingerprint density at radius 2 is 1.59 bits per heavy atom. The molecule has 1 amide bonds. The van der Waals surface area contributed by atoms with Gasteiger partial charge in [-0.3, -0.25) is 4.79 Å². The Kier molecular flexibility index (Phi) is 10.6. The lowest BCUT2D eigenvalue weighted by Crippen LogP contribution is -2.28. The minimum Gasteiger partial charge on any atom is -0.473 e. The highest BCUT2D eigenvalue weighted by atomic mass is 32.1. The molecular formula is C22H32N2O7S. The lowest BCUT2D eigenvalue weighted by atomic mass is 9.95. The molecule has 0 saturated carbocycles. The zero-order chi connectivity index (χ0) is 23.5. The molecule has 1 aliphatic carbocycles. The molecule has 1 fully saturated rings. The molecule has 2 heterocycles. The molecule has 0 atom stereocenters. The summed E-state index contributed by atoms with van der Waals surface area (Å²) < 4.78 is 5.25. The van der Waals surface area contributed by atoms with Crippen LogP contribution in [-0.4, -0.2) is 65.2 Å². The van der Waals surface area contributed by atoms with E-state index in [0.29, 0.717) is 23.6 Å². The number of carbonyl (C=O) groups is 4. The van der Waals surface area contributed by atoms with Crippen LogP contribution in [-0.2, 0) is 32.0 Å². The second kappa shape index (κ2) is 13.2. The van der Waals surface area contributed by atoms with Crippen LogP contribution in [0.5, 0.6) is 0 Å². The van der Waals surface area contributed by atoms with E-state index in [1.54, 1.807) is 11.3 Å². The van der Waals surface area contributed by atoms with Gasteiger partial charge >= 0.3 is 17.9 Å². The summed E-state index contributed by atoms with van der Waals surface area (Å²) in [6, 6.07) is 0. The van der Waals surface area contributed by atoms with Crippen LogP contribution in [0.1, 0.15) is 72.7 Å². The van der Waals surface area contributed by atoms with Crippen molar-refractivity contribution in [3.05, 3.63) is 16.0 Å². The van der Waals surface area contributed by atoms with E-state index in [0.717, 1.165) is 50.9 Å². The molecule has 1 saturated heterocycles. The molecule has 1 aromatic heterocycles. The van der Waals surface area contributed by atoms with Crippen molar-refractivity contribution in [3.63, 3.8) is 0 Å². The lowest BCUT2D eigenvalue weighted by Gasteiger charge is -2.19. The fraction of sp³-hybridized carbons (Fsp3) is 0.636. The van der Waals surface area contributed by atoms with Crippen LogP contribution in [0.15, 0.2) is 0 Å². The van der Waals surface area contributed by atoms with Gasteiger partial charge in [0.1, 0.15) is 5.00 Å². The summed E-state index contributed by atoms with van der Waals surface area (Å²) in [7, 11) is 0. The topological polar surface area (TPSA) is 133 Å². The summed E-state index contributed by atoms with van der Waals surface area (Å²) in [5.41, 5.74) is 1.71. The first-order chi connectivity index (χ1) is 15.3. The SMILES string of the molecule is CCOC(=O)c1c(NC(=O)CCN2CCCCCC2)sc2c1CCCC2.O=C(O)C(=O)O. The lowest BCUT2D eigenvalue weighted by molar-refractivity contribution is -0.159. The number of anilines is 1. The van der Waals surface area contributed by atoms with E-state index in [2.05, 4.69) is 10.2 Å². The van der Waals surface area contributed by atoms with E-state index in [9.17, 15) is 9.59 Å². The van der Waals surface area contributed by atoms with Gasteiger partial charge in [-0.15, -0.1) is 11.3 Å². The average molecular weight is 469 g/mol. The predicted octanol–water partition coefficient (Wildman–Crippen LogP) is 3.16. The van der Waals surface area contributed by atoms with E-state index in [-0.39, 0.29) is 11.9 Å². The second-order valence-corrected chi connectivity index (χ2v) is 8.91. The van der Waals surface area contributed by atoms with E-state index in [4.69, 9.17) is 24.5 Å². The number of ether oxygens (including phenoxy) is 1. The van der Waals surface area contributed by atoms with E-state index >= 15 is 0 Å². The third-order valence-electron chi connectivity index (χ3n) is 5.44. The molecule has 1 aromatic rings. The first kappa shape index (κ1) is 25.8. The summed E-state index contributed by atoms with van der Waals surface area (Å²) in [5.74, 6) is -3.95. The smallest absolute Gasteiger partial charge is 0.414 e. The number of aryl methyl sites for hydroxylation is 1. The largest absolute Gasteiger partial charge is 0.473 e. The fourth-order valence-electron chi connectivity index (χ4n) is 3.88. The third-order valence-corrected chi connectivity index (χ3v) is 6.65. The highest BCUT2D eigenvalue weighted by molar-refractivity contribution is 7.17. The molecule has 0 radical (unpaired) electrons. The average Bonchev–Trinajstić information content (AvgIpc) is 2.92. The Morgan fingerprint density at radius 1 is 0.969 bits per heavy atom. The summed E-state index contributed by atoms with van der Waals surface area (Å²) >= 11 is 1.56. The summed E-state index contributed by atoms with van der Waals surface area (Å²) in [6.07, 6.45) is 9.68. The Hall–Kier alpha value is -2.46. The summed E-state index contributed by atoms with van der Waals surface area (Å²) in [6.45, 7) is 5.15. The minimum atomic E-state index is -1.82. The Balaban J connectivity index is 0.000000534. The van der Waals surface area contributed by atoms with Gasteiger partial charge in [0, 0.05) is 17.8 Å². The van der Waals surface area contributed by atoms with Crippen LogP contribution in [0.3, 0.4) is 0 Å². The maximum absolute atomic E-state index is 12.5. The molecule has 178 valence electrons. The number of hydrogen-bond donors (Lipinski definition) is 3. The van der Waals surface area contributed by atoms with Gasteiger partial charge in [0.2, 0.25) is 5.91 Å². The number of thiophene rings is 1. The van der Waals surface area contributed by atoms with Crippen molar-refractivity contribution in [2.24, 2.45) is 0 Å². The van der Waals surface area contributed by atoms with Crippen LogP contribution in [0.2, 0.25) is 0 Å². The fourth-order valence-corrected chi connectivity index (χ4v) is 5.18. The van der Waals surface area contributed by atoms with Crippen LogP contribution >= 0.6 is 11.3 Å². The normalized spacial score (nSPS) is 16.0. The predicted molar refractivity (Wildman–Crippen MR) is 120 cm³/mol. The van der Waals surface area contributed by atoms with Crippen molar-refractivity contribution in [1.82, 2.24) is 4.90 Å². The maximum atomic E-state index is 12.5. The number of nitrogens with zero attached hydrogens (tertiary/aromatic N) is 1. The first-order valence-electron chi connectivity index (χ1n) is 11.1. The number of likely N-dealkylation sites (tertiary alicyclic amines) is 1. The molecule has 32 heavy (non-hydrogen) atoms. The number of aliphatic carboxylic acids is 2. The molecule has 3 N–H and O–H groups in total. The number of carbonyl (C=O) groups excluding carboxylic acids is 2. The Morgan fingerprint density at radius 3 is 2.19 bits per heavy atom. The van der Waals surface area contributed by atoms with Crippen molar-refractivity contribution in [3.8, 4) is 0 Å². The van der Waals surface area contributed by atoms with Gasteiger partial charge in [-0.25, -0.2) is 14.4 Å². The molecule has 0 aromatic carbocycles.